The van der Waals surface area contributed by atoms with Crippen molar-refractivity contribution in [2.45, 2.75) is 43.7 Å². The molecule has 1 fully saturated rings. The van der Waals surface area contributed by atoms with Gasteiger partial charge in [0.25, 0.3) is 0 Å². The topological polar surface area (TPSA) is 29.1 Å². The Hall–Kier alpha value is -0.380. The second-order valence-corrected chi connectivity index (χ2v) is 8.10. The molecule has 112 valence electrons. The van der Waals surface area contributed by atoms with Crippen molar-refractivity contribution in [3.63, 3.8) is 0 Å². The molecule has 0 aliphatic heterocycles. The van der Waals surface area contributed by atoms with Crippen LogP contribution in [-0.4, -0.2) is 22.5 Å². The maximum atomic E-state index is 12.8. The summed E-state index contributed by atoms with van der Waals surface area (Å²) >= 11 is 5.90. The van der Waals surface area contributed by atoms with Crippen LogP contribution in [0.25, 0.3) is 0 Å². The van der Waals surface area contributed by atoms with E-state index in [4.69, 9.17) is 11.6 Å². The highest BCUT2D eigenvalue weighted by Crippen LogP contribution is 2.33. The zero-order valence-electron chi connectivity index (χ0n) is 12.4. The highest BCUT2D eigenvalue weighted by Gasteiger charge is 2.36. The molecule has 5 atom stereocenters. The average Bonchev–Trinajstić information content (AvgIpc) is 2.40. The molecule has 0 spiro atoms. The van der Waals surface area contributed by atoms with E-state index >= 15 is 0 Å². The van der Waals surface area contributed by atoms with Gasteiger partial charge in [0.2, 0.25) is 0 Å². The summed E-state index contributed by atoms with van der Waals surface area (Å²) in [6.45, 7) is 4.53. The van der Waals surface area contributed by atoms with Gasteiger partial charge in [-0.25, -0.2) is 0 Å². The molecule has 0 radical (unpaired) electrons. The Kier molecular flexibility index (Phi) is 5.65. The van der Waals surface area contributed by atoms with Crippen LogP contribution in [0.3, 0.4) is 0 Å². The third-order valence-corrected chi connectivity index (χ3v) is 6.55. The lowest BCUT2D eigenvalue weighted by atomic mass is 9.80. The van der Waals surface area contributed by atoms with Crippen LogP contribution in [0.1, 0.15) is 32.3 Å². The van der Waals surface area contributed by atoms with E-state index in [2.05, 4.69) is 19.2 Å². The summed E-state index contributed by atoms with van der Waals surface area (Å²) in [5.41, 5.74) is 1.11. The van der Waals surface area contributed by atoms with Crippen LogP contribution >= 0.6 is 11.6 Å². The number of benzene rings is 1. The van der Waals surface area contributed by atoms with Crippen molar-refractivity contribution < 1.29 is 4.21 Å². The average molecular weight is 314 g/mol. The van der Waals surface area contributed by atoms with Crippen LogP contribution in [0.4, 0.5) is 0 Å². The molecule has 1 aromatic rings. The van der Waals surface area contributed by atoms with E-state index in [1.807, 2.05) is 31.3 Å². The Balaban J connectivity index is 2.08. The first kappa shape index (κ1) is 16.0. The zero-order valence-corrected chi connectivity index (χ0v) is 14.0. The molecular weight excluding hydrogens is 290 g/mol. The lowest BCUT2D eigenvalue weighted by molar-refractivity contribution is 0.253. The van der Waals surface area contributed by atoms with Gasteiger partial charge >= 0.3 is 0 Å². The van der Waals surface area contributed by atoms with Gasteiger partial charge in [-0.3, -0.25) is 4.21 Å². The second-order valence-electron chi connectivity index (χ2n) is 6.07. The molecule has 1 aliphatic carbocycles. The van der Waals surface area contributed by atoms with Crippen molar-refractivity contribution in [2.75, 3.05) is 7.05 Å². The van der Waals surface area contributed by atoms with Gasteiger partial charge in [-0.1, -0.05) is 37.6 Å². The minimum atomic E-state index is -0.845. The van der Waals surface area contributed by atoms with Crippen molar-refractivity contribution in [3.8, 4) is 0 Å². The lowest BCUT2D eigenvalue weighted by Crippen LogP contribution is -2.49. The number of hydrogen-bond donors (Lipinski definition) is 1. The second kappa shape index (κ2) is 7.06. The van der Waals surface area contributed by atoms with Crippen LogP contribution in [-0.2, 0) is 16.6 Å². The summed E-state index contributed by atoms with van der Waals surface area (Å²) in [4.78, 5) is 0. The molecule has 0 bridgehead atoms. The number of halogens is 1. The minimum absolute atomic E-state index is 0.242. The minimum Gasteiger partial charge on any atom is -0.316 e. The summed E-state index contributed by atoms with van der Waals surface area (Å²) in [7, 11) is 1.14. The van der Waals surface area contributed by atoms with Crippen LogP contribution in [0.5, 0.6) is 0 Å². The standard InChI is InChI=1S/C16H24ClNOS/c1-11-8-12(2)16(15(9-11)18-3)20(19)10-13-4-6-14(17)7-5-13/h4-7,11-12,15-16,18H,8-10H2,1-3H3. The predicted octanol–water partition coefficient (Wildman–Crippen LogP) is 3.61. The van der Waals surface area contributed by atoms with Gasteiger partial charge in [-0.05, 0) is 49.4 Å². The highest BCUT2D eigenvalue weighted by atomic mass is 35.5. The quantitative estimate of drug-likeness (QED) is 0.920. The number of nitrogens with one attached hydrogen (secondary N) is 1. The number of hydrogen-bond acceptors (Lipinski definition) is 2. The van der Waals surface area contributed by atoms with E-state index in [9.17, 15) is 4.21 Å². The summed E-state index contributed by atoms with van der Waals surface area (Å²) in [6.07, 6.45) is 2.30. The molecule has 5 unspecified atom stereocenters. The summed E-state index contributed by atoms with van der Waals surface area (Å²) in [5, 5.41) is 4.35. The molecular formula is C16H24ClNOS. The molecule has 0 aromatic heterocycles. The molecule has 0 heterocycles. The first-order valence-corrected chi connectivity index (χ1v) is 9.06. The smallest absolute Gasteiger partial charge is 0.0530 e. The summed E-state index contributed by atoms with van der Waals surface area (Å²) < 4.78 is 12.8. The van der Waals surface area contributed by atoms with Gasteiger partial charge in [0.05, 0.1) is 5.25 Å². The molecule has 1 N–H and O–H groups in total. The number of rotatable bonds is 4. The van der Waals surface area contributed by atoms with Gasteiger partial charge in [-0.2, -0.15) is 0 Å². The first-order chi connectivity index (χ1) is 9.51. The van der Waals surface area contributed by atoms with E-state index in [0.717, 1.165) is 17.0 Å². The molecule has 20 heavy (non-hydrogen) atoms. The van der Waals surface area contributed by atoms with Gasteiger partial charge < -0.3 is 5.32 Å². The largest absolute Gasteiger partial charge is 0.316 e. The van der Waals surface area contributed by atoms with Crippen molar-refractivity contribution in [1.29, 1.82) is 0 Å². The highest BCUT2D eigenvalue weighted by molar-refractivity contribution is 7.84. The normalized spacial score (nSPS) is 32.0. The van der Waals surface area contributed by atoms with Crippen LogP contribution in [0.15, 0.2) is 24.3 Å². The van der Waals surface area contributed by atoms with Crippen molar-refractivity contribution >= 4 is 22.4 Å². The fraction of sp³-hybridized carbons (Fsp3) is 0.625. The fourth-order valence-corrected chi connectivity index (χ4v) is 5.48. The maximum Gasteiger partial charge on any atom is 0.0530 e. The van der Waals surface area contributed by atoms with Crippen molar-refractivity contribution in [3.05, 3.63) is 34.9 Å². The third-order valence-electron chi connectivity index (χ3n) is 4.28. The van der Waals surface area contributed by atoms with E-state index in [0.29, 0.717) is 23.6 Å². The van der Waals surface area contributed by atoms with Crippen LogP contribution in [0.2, 0.25) is 5.02 Å². The molecule has 4 heteroatoms. The monoisotopic (exact) mass is 313 g/mol. The summed E-state index contributed by atoms with van der Waals surface area (Å²) in [5.74, 6) is 1.84. The van der Waals surface area contributed by atoms with Crippen LogP contribution < -0.4 is 5.32 Å². The van der Waals surface area contributed by atoms with Gasteiger partial charge in [0.15, 0.2) is 0 Å². The Bertz CT molecular complexity index is 462. The SMILES string of the molecule is CNC1CC(C)CC(C)C1S(=O)Cc1ccc(Cl)cc1. The Morgan fingerprint density at radius 2 is 1.90 bits per heavy atom. The maximum absolute atomic E-state index is 12.8. The Morgan fingerprint density at radius 3 is 2.50 bits per heavy atom. The molecule has 2 nitrogen and oxygen atoms in total. The van der Waals surface area contributed by atoms with Crippen molar-refractivity contribution in [2.24, 2.45) is 11.8 Å². The van der Waals surface area contributed by atoms with Gasteiger partial charge in [0.1, 0.15) is 0 Å². The fourth-order valence-electron chi connectivity index (χ4n) is 3.39. The first-order valence-electron chi connectivity index (χ1n) is 7.30. The molecule has 1 saturated carbocycles. The van der Waals surface area contributed by atoms with E-state index in [1.54, 1.807) is 0 Å². The van der Waals surface area contributed by atoms with Crippen molar-refractivity contribution in [1.82, 2.24) is 5.32 Å². The molecule has 0 saturated heterocycles. The van der Waals surface area contributed by atoms with Gasteiger partial charge in [0, 0.05) is 27.6 Å². The molecule has 0 amide bonds. The summed E-state index contributed by atoms with van der Waals surface area (Å²) in [6, 6.07) is 8.06. The third kappa shape index (κ3) is 3.84. The Labute approximate surface area is 129 Å². The molecule has 2 rings (SSSR count). The molecule has 1 aromatic carbocycles. The van der Waals surface area contributed by atoms with Crippen LogP contribution in [0, 0.1) is 11.8 Å². The molecule has 1 aliphatic rings. The predicted molar refractivity (Wildman–Crippen MR) is 87.5 cm³/mol. The van der Waals surface area contributed by atoms with Gasteiger partial charge in [-0.15, -0.1) is 0 Å². The van der Waals surface area contributed by atoms with E-state index < -0.39 is 10.8 Å². The lowest BCUT2D eigenvalue weighted by Gasteiger charge is -2.39. The van der Waals surface area contributed by atoms with E-state index in [1.165, 1.54) is 6.42 Å². The van der Waals surface area contributed by atoms with E-state index in [-0.39, 0.29) is 5.25 Å². The Morgan fingerprint density at radius 1 is 1.25 bits per heavy atom. The zero-order chi connectivity index (χ0) is 14.7.